The fourth-order valence-electron chi connectivity index (χ4n) is 1.64. The molecule has 0 unspecified atom stereocenters. The Kier molecular flexibility index (Phi) is 4.24. The fourth-order valence-corrected chi connectivity index (χ4v) is 1.64. The Morgan fingerprint density at radius 2 is 2.30 bits per heavy atom. The molecule has 0 fully saturated rings. The molecule has 6 nitrogen and oxygen atoms in total. The highest BCUT2D eigenvalue weighted by atomic mass is 16.5. The SMILES string of the molecule is CC(C)n1cc(NC(=O)COc2cccc(N)c2)cn1. The van der Waals surface area contributed by atoms with E-state index in [4.69, 9.17) is 10.5 Å². The summed E-state index contributed by atoms with van der Waals surface area (Å²) in [5.74, 6) is 0.328. The van der Waals surface area contributed by atoms with E-state index in [1.165, 1.54) is 0 Å². The molecule has 0 radical (unpaired) electrons. The summed E-state index contributed by atoms with van der Waals surface area (Å²) in [4.78, 5) is 11.7. The predicted molar refractivity (Wildman–Crippen MR) is 77.6 cm³/mol. The molecule has 6 heteroatoms. The van der Waals surface area contributed by atoms with Crippen molar-refractivity contribution in [2.45, 2.75) is 19.9 Å². The monoisotopic (exact) mass is 274 g/mol. The van der Waals surface area contributed by atoms with E-state index < -0.39 is 0 Å². The molecule has 0 atom stereocenters. The third-order valence-corrected chi connectivity index (χ3v) is 2.64. The molecule has 106 valence electrons. The summed E-state index contributed by atoms with van der Waals surface area (Å²) >= 11 is 0. The summed E-state index contributed by atoms with van der Waals surface area (Å²) in [6.45, 7) is 3.96. The Bertz CT molecular complexity index is 592. The Morgan fingerprint density at radius 3 is 2.95 bits per heavy atom. The molecule has 1 heterocycles. The van der Waals surface area contributed by atoms with Gasteiger partial charge in [0, 0.05) is 24.0 Å². The van der Waals surface area contributed by atoms with Crippen LogP contribution in [0.1, 0.15) is 19.9 Å². The zero-order valence-corrected chi connectivity index (χ0v) is 11.5. The summed E-state index contributed by atoms with van der Waals surface area (Å²) in [6.07, 6.45) is 3.39. The smallest absolute Gasteiger partial charge is 0.262 e. The van der Waals surface area contributed by atoms with Crippen LogP contribution in [-0.4, -0.2) is 22.3 Å². The van der Waals surface area contributed by atoms with Crippen LogP contribution in [0.2, 0.25) is 0 Å². The normalized spacial score (nSPS) is 10.6. The Labute approximate surface area is 117 Å². The number of nitrogens with one attached hydrogen (secondary N) is 1. The first-order valence-corrected chi connectivity index (χ1v) is 6.37. The first kappa shape index (κ1) is 13.9. The van der Waals surface area contributed by atoms with Crippen molar-refractivity contribution in [3.8, 4) is 5.75 Å². The third-order valence-electron chi connectivity index (χ3n) is 2.64. The highest BCUT2D eigenvalue weighted by molar-refractivity contribution is 5.91. The Balaban J connectivity index is 1.86. The quantitative estimate of drug-likeness (QED) is 0.818. The van der Waals surface area contributed by atoms with E-state index in [1.54, 1.807) is 41.3 Å². The summed E-state index contributed by atoms with van der Waals surface area (Å²) in [7, 11) is 0. The number of aromatic nitrogens is 2. The average Bonchev–Trinajstić information content (AvgIpc) is 2.85. The van der Waals surface area contributed by atoms with Crippen LogP contribution in [0.25, 0.3) is 0 Å². The molecule has 3 N–H and O–H groups in total. The van der Waals surface area contributed by atoms with Crippen LogP contribution in [0.15, 0.2) is 36.7 Å². The van der Waals surface area contributed by atoms with E-state index in [0.29, 0.717) is 17.1 Å². The molecular weight excluding hydrogens is 256 g/mol. The summed E-state index contributed by atoms with van der Waals surface area (Å²) in [5.41, 5.74) is 6.88. The topological polar surface area (TPSA) is 82.2 Å². The maximum atomic E-state index is 11.7. The molecule has 2 rings (SSSR count). The second-order valence-electron chi connectivity index (χ2n) is 4.71. The largest absolute Gasteiger partial charge is 0.484 e. The maximum absolute atomic E-state index is 11.7. The van der Waals surface area contributed by atoms with E-state index in [-0.39, 0.29) is 18.6 Å². The number of nitrogens with two attached hydrogens (primary N) is 1. The molecule has 0 spiro atoms. The van der Waals surface area contributed by atoms with Crippen LogP contribution < -0.4 is 15.8 Å². The van der Waals surface area contributed by atoms with Gasteiger partial charge in [0.15, 0.2) is 6.61 Å². The first-order chi connectivity index (χ1) is 9.54. The van der Waals surface area contributed by atoms with Crippen molar-refractivity contribution in [2.75, 3.05) is 17.7 Å². The predicted octanol–water partition coefficient (Wildman–Crippen LogP) is 2.06. The molecule has 0 bridgehead atoms. The van der Waals surface area contributed by atoms with Gasteiger partial charge < -0.3 is 15.8 Å². The second kappa shape index (κ2) is 6.10. The van der Waals surface area contributed by atoms with Gasteiger partial charge in [-0.3, -0.25) is 9.48 Å². The van der Waals surface area contributed by atoms with Gasteiger partial charge in [-0.25, -0.2) is 0 Å². The van der Waals surface area contributed by atoms with E-state index in [1.807, 2.05) is 13.8 Å². The van der Waals surface area contributed by atoms with Crippen molar-refractivity contribution < 1.29 is 9.53 Å². The van der Waals surface area contributed by atoms with Crippen LogP contribution in [0.4, 0.5) is 11.4 Å². The van der Waals surface area contributed by atoms with Gasteiger partial charge >= 0.3 is 0 Å². The van der Waals surface area contributed by atoms with Crippen LogP contribution in [0.5, 0.6) is 5.75 Å². The van der Waals surface area contributed by atoms with Crippen LogP contribution >= 0.6 is 0 Å². The number of hydrogen-bond acceptors (Lipinski definition) is 4. The van der Waals surface area contributed by atoms with Crippen LogP contribution in [0.3, 0.4) is 0 Å². The van der Waals surface area contributed by atoms with Gasteiger partial charge in [0.25, 0.3) is 5.91 Å². The average molecular weight is 274 g/mol. The van der Waals surface area contributed by atoms with Crippen LogP contribution in [-0.2, 0) is 4.79 Å². The van der Waals surface area contributed by atoms with Crippen molar-refractivity contribution in [1.82, 2.24) is 9.78 Å². The number of rotatable bonds is 5. The second-order valence-corrected chi connectivity index (χ2v) is 4.71. The highest BCUT2D eigenvalue weighted by Gasteiger charge is 2.07. The molecule has 0 saturated heterocycles. The van der Waals surface area contributed by atoms with Crippen molar-refractivity contribution >= 4 is 17.3 Å². The van der Waals surface area contributed by atoms with E-state index in [0.717, 1.165) is 0 Å². The number of hydrogen-bond donors (Lipinski definition) is 2. The lowest BCUT2D eigenvalue weighted by Gasteiger charge is -2.07. The van der Waals surface area contributed by atoms with Crippen LogP contribution in [0, 0.1) is 0 Å². The number of ether oxygens (including phenoxy) is 1. The minimum absolute atomic E-state index is 0.0731. The molecule has 1 amide bonds. The maximum Gasteiger partial charge on any atom is 0.262 e. The number of nitrogen functional groups attached to an aromatic ring is 1. The first-order valence-electron chi connectivity index (χ1n) is 6.37. The van der Waals surface area contributed by atoms with E-state index in [2.05, 4.69) is 10.4 Å². The summed E-state index contributed by atoms with van der Waals surface area (Å²) < 4.78 is 7.13. The molecule has 20 heavy (non-hydrogen) atoms. The van der Waals surface area contributed by atoms with Crippen molar-refractivity contribution in [3.63, 3.8) is 0 Å². The number of carbonyl (C=O) groups excluding carboxylic acids is 1. The Hall–Kier alpha value is -2.50. The molecular formula is C14H18N4O2. The minimum atomic E-state index is -0.240. The van der Waals surface area contributed by atoms with Gasteiger partial charge in [-0.05, 0) is 26.0 Å². The van der Waals surface area contributed by atoms with Crippen molar-refractivity contribution in [2.24, 2.45) is 0 Å². The lowest BCUT2D eigenvalue weighted by atomic mass is 10.3. The summed E-state index contributed by atoms with van der Waals surface area (Å²) in [6, 6.07) is 7.21. The number of carbonyl (C=O) groups is 1. The minimum Gasteiger partial charge on any atom is -0.484 e. The van der Waals surface area contributed by atoms with Gasteiger partial charge in [-0.2, -0.15) is 5.10 Å². The van der Waals surface area contributed by atoms with Crippen molar-refractivity contribution in [3.05, 3.63) is 36.7 Å². The summed E-state index contributed by atoms with van der Waals surface area (Å²) in [5, 5.41) is 6.87. The molecule has 0 aliphatic rings. The lowest BCUT2D eigenvalue weighted by molar-refractivity contribution is -0.118. The van der Waals surface area contributed by atoms with Gasteiger partial charge in [-0.1, -0.05) is 6.07 Å². The van der Waals surface area contributed by atoms with E-state index >= 15 is 0 Å². The molecule has 0 saturated carbocycles. The van der Waals surface area contributed by atoms with Gasteiger partial charge in [-0.15, -0.1) is 0 Å². The molecule has 1 aromatic heterocycles. The molecule has 1 aromatic carbocycles. The van der Waals surface area contributed by atoms with Gasteiger partial charge in [0.1, 0.15) is 5.75 Å². The number of benzene rings is 1. The molecule has 2 aromatic rings. The van der Waals surface area contributed by atoms with Gasteiger partial charge in [0.05, 0.1) is 11.9 Å². The zero-order chi connectivity index (χ0) is 14.5. The molecule has 0 aliphatic carbocycles. The Morgan fingerprint density at radius 1 is 1.50 bits per heavy atom. The fraction of sp³-hybridized carbons (Fsp3) is 0.286. The van der Waals surface area contributed by atoms with E-state index in [9.17, 15) is 4.79 Å². The molecule has 0 aliphatic heterocycles. The van der Waals surface area contributed by atoms with Gasteiger partial charge in [0.2, 0.25) is 0 Å². The standard InChI is InChI=1S/C14H18N4O2/c1-10(2)18-8-12(7-16-18)17-14(19)9-20-13-5-3-4-11(15)6-13/h3-8,10H,9,15H2,1-2H3,(H,17,19). The van der Waals surface area contributed by atoms with Crippen molar-refractivity contribution in [1.29, 1.82) is 0 Å². The zero-order valence-electron chi connectivity index (χ0n) is 11.5. The number of amides is 1. The lowest BCUT2D eigenvalue weighted by Crippen LogP contribution is -2.19. The number of anilines is 2. The number of nitrogens with zero attached hydrogens (tertiary/aromatic N) is 2. The highest BCUT2D eigenvalue weighted by Crippen LogP contribution is 2.14. The third kappa shape index (κ3) is 3.74.